The number of likely N-dealkylation sites (tertiary alicyclic amines) is 1. The van der Waals surface area contributed by atoms with Gasteiger partial charge in [0.05, 0.1) is 0 Å². The number of hydrogen-bond acceptors (Lipinski definition) is 3. The molecule has 1 aliphatic heterocycles. The monoisotopic (exact) mass is 214 g/mol. The van der Waals surface area contributed by atoms with E-state index in [9.17, 15) is 4.79 Å². The van der Waals surface area contributed by atoms with Crippen LogP contribution in [-0.2, 0) is 4.79 Å². The van der Waals surface area contributed by atoms with E-state index in [1.807, 2.05) is 0 Å². The highest BCUT2D eigenvalue weighted by atomic mass is 16.4. The summed E-state index contributed by atoms with van der Waals surface area (Å²) >= 11 is 0. The maximum atomic E-state index is 11.1. The first-order valence-corrected chi connectivity index (χ1v) is 5.66. The Kier molecular flexibility index (Phi) is 4.11. The van der Waals surface area contributed by atoms with Crippen molar-refractivity contribution < 1.29 is 9.90 Å². The maximum absolute atomic E-state index is 11.1. The predicted octanol–water partition coefficient (Wildman–Crippen LogP) is 0.923. The average molecular weight is 214 g/mol. The third-order valence-corrected chi connectivity index (χ3v) is 3.61. The number of aliphatic carboxylic acids is 1. The summed E-state index contributed by atoms with van der Waals surface area (Å²) in [5.41, 5.74) is -0.789. The van der Waals surface area contributed by atoms with Crippen LogP contribution in [0.15, 0.2) is 0 Å². The molecule has 0 aromatic heterocycles. The first kappa shape index (κ1) is 12.5. The van der Waals surface area contributed by atoms with Crippen molar-refractivity contribution in [3.8, 4) is 0 Å². The van der Waals surface area contributed by atoms with Gasteiger partial charge < -0.3 is 15.3 Å². The molecule has 1 aliphatic rings. The van der Waals surface area contributed by atoms with Crippen LogP contribution in [-0.4, -0.2) is 47.7 Å². The molecule has 0 spiro atoms. The lowest BCUT2D eigenvalue weighted by atomic mass is 9.98. The minimum absolute atomic E-state index is 0.611. The second kappa shape index (κ2) is 4.94. The van der Waals surface area contributed by atoms with Crippen LogP contribution in [0.2, 0.25) is 0 Å². The largest absolute Gasteiger partial charge is 0.480 e. The van der Waals surface area contributed by atoms with E-state index >= 15 is 0 Å². The molecule has 4 heteroatoms. The van der Waals surface area contributed by atoms with Gasteiger partial charge in [-0.15, -0.1) is 0 Å². The Morgan fingerprint density at radius 2 is 2.33 bits per heavy atom. The zero-order valence-corrected chi connectivity index (χ0v) is 9.92. The van der Waals surface area contributed by atoms with Gasteiger partial charge in [0.25, 0.3) is 0 Å². The molecule has 2 atom stereocenters. The molecule has 0 aromatic carbocycles. The molecule has 0 saturated carbocycles. The fourth-order valence-electron chi connectivity index (χ4n) is 2.03. The second-order valence-electron chi connectivity index (χ2n) is 4.66. The minimum Gasteiger partial charge on any atom is -0.480 e. The van der Waals surface area contributed by atoms with E-state index in [4.69, 9.17) is 5.11 Å². The van der Waals surface area contributed by atoms with Gasteiger partial charge in [0.1, 0.15) is 5.54 Å². The molecule has 1 fully saturated rings. The number of nitrogens with one attached hydrogen (secondary N) is 1. The first-order valence-electron chi connectivity index (χ1n) is 5.66. The highest BCUT2D eigenvalue weighted by Gasteiger charge is 2.32. The van der Waals surface area contributed by atoms with Crippen molar-refractivity contribution in [2.45, 2.75) is 44.7 Å². The molecule has 0 bridgehead atoms. The van der Waals surface area contributed by atoms with Crippen LogP contribution in [0, 0.1) is 0 Å². The normalized spacial score (nSPS) is 26.5. The predicted molar refractivity (Wildman–Crippen MR) is 60.0 cm³/mol. The molecule has 2 unspecified atom stereocenters. The summed E-state index contributed by atoms with van der Waals surface area (Å²) in [6.45, 7) is 5.94. The molecule has 1 rings (SSSR count). The van der Waals surface area contributed by atoms with Crippen molar-refractivity contribution in [3.05, 3.63) is 0 Å². The molecule has 0 aliphatic carbocycles. The number of nitrogens with zero attached hydrogens (tertiary/aromatic N) is 1. The lowest BCUT2D eigenvalue weighted by molar-refractivity contribution is -0.144. The Morgan fingerprint density at radius 1 is 1.67 bits per heavy atom. The summed E-state index contributed by atoms with van der Waals surface area (Å²) in [6.07, 6.45) is 3.14. The fourth-order valence-corrected chi connectivity index (χ4v) is 2.03. The van der Waals surface area contributed by atoms with Gasteiger partial charge in [-0.25, -0.2) is 0 Å². The van der Waals surface area contributed by atoms with E-state index in [1.54, 1.807) is 14.0 Å². The van der Waals surface area contributed by atoms with Gasteiger partial charge in [0.15, 0.2) is 0 Å². The molecule has 0 radical (unpaired) electrons. The van der Waals surface area contributed by atoms with Crippen LogP contribution in [0.3, 0.4) is 0 Å². The van der Waals surface area contributed by atoms with Crippen molar-refractivity contribution in [1.29, 1.82) is 0 Å². The van der Waals surface area contributed by atoms with E-state index in [1.165, 1.54) is 12.8 Å². The summed E-state index contributed by atoms with van der Waals surface area (Å²) in [5, 5.41) is 12.0. The standard InChI is InChI=1S/C11H22N2O2/c1-9-5-4-7-13(9)8-6-11(2,12-3)10(14)15/h9,12H,4-8H2,1-3H3,(H,14,15). The molecule has 88 valence electrons. The summed E-state index contributed by atoms with van der Waals surface area (Å²) < 4.78 is 0. The van der Waals surface area contributed by atoms with E-state index in [2.05, 4.69) is 17.1 Å². The summed E-state index contributed by atoms with van der Waals surface area (Å²) in [5.74, 6) is -0.767. The van der Waals surface area contributed by atoms with Gasteiger partial charge in [-0.2, -0.15) is 0 Å². The van der Waals surface area contributed by atoms with Crippen LogP contribution in [0.25, 0.3) is 0 Å². The van der Waals surface area contributed by atoms with Crippen molar-refractivity contribution in [3.63, 3.8) is 0 Å². The van der Waals surface area contributed by atoms with Crippen molar-refractivity contribution in [1.82, 2.24) is 10.2 Å². The summed E-state index contributed by atoms with van der Waals surface area (Å²) in [4.78, 5) is 13.4. The van der Waals surface area contributed by atoms with Gasteiger partial charge in [-0.1, -0.05) is 0 Å². The van der Waals surface area contributed by atoms with Crippen LogP contribution < -0.4 is 5.32 Å². The van der Waals surface area contributed by atoms with Crippen molar-refractivity contribution >= 4 is 5.97 Å². The molecule has 15 heavy (non-hydrogen) atoms. The van der Waals surface area contributed by atoms with Crippen molar-refractivity contribution in [2.75, 3.05) is 20.1 Å². The van der Waals surface area contributed by atoms with Gasteiger partial charge in [0, 0.05) is 12.6 Å². The lowest BCUT2D eigenvalue weighted by Crippen LogP contribution is -2.49. The molecule has 1 heterocycles. The minimum atomic E-state index is -0.789. The molecule has 0 aromatic rings. The molecule has 4 nitrogen and oxygen atoms in total. The Labute approximate surface area is 91.6 Å². The fraction of sp³-hybridized carbons (Fsp3) is 0.909. The molecule has 0 amide bonds. The van der Waals surface area contributed by atoms with Gasteiger partial charge in [0.2, 0.25) is 0 Å². The van der Waals surface area contributed by atoms with E-state index in [0.717, 1.165) is 13.1 Å². The number of likely N-dealkylation sites (N-methyl/N-ethyl adjacent to an activating group) is 1. The number of carboxylic acid groups (broad SMARTS) is 1. The highest BCUT2D eigenvalue weighted by Crippen LogP contribution is 2.19. The Morgan fingerprint density at radius 3 is 2.73 bits per heavy atom. The van der Waals surface area contributed by atoms with Crippen LogP contribution in [0.4, 0.5) is 0 Å². The van der Waals surface area contributed by atoms with E-state index in [-0.39, 0.29) is 0 Å². The average Bonchev–Trinajstić information content (AvgIpc) is 2.60. The molecule has 2 N–H and O–H groups in total. The van der Waals surface area contributed by atoms with Gasteiger partial charge >= 0.3 is 5.97 Å². The third-order valence-electron chi connectivity index (χ3n) is 3.61. The Hall–Kier alpha value is -0.610. The topological polar surface area (TPSA) is 52.6 Å². The number of carbonyl (C=O) groups is 1. The quantitative estimate of drug-likeness (QED) is 0.714. The number of hydrogen-bond donors (Lipinski definition) is 2. The smallest absolute Gasteiger partial charge is 0.323 e. The summed E-state index contributed by atoms with van der Waals surface area (Å²) in [7, 11) is 1.71. The van der Waals surface area contributed by atoms with Gasteiger partial charge in [-0.05, 0) is 46.7 Å². The second-order valence-corrected chi connectivity index (χ2v) is 4.66. The van der Waals surface area contributed by atoms with Crippen LogP contribution in [0.1, 0.15) is 33.1 Å². The lowest BCUT2D eigenvalue weighted by Gasteiger charge is -2.28. The van der Waals surface area contributed by atoms with Crippen molar-refractivity contribution in [2.24, 2.45) is 0 Å². The molecule has 1 saturated heterocycles. The Balaban J connectivity index is 2.43. The van der Waals surface area contributed by atoms with Crippen LogP contribution >= 0.6 is 0 Å². The maximum Gasteiger partial charge on any atom is 0.323 e. The van der Waals surface area contributed by atoms with Crippen LogP contribution in [0.5, 0.6) is 0 Å². The van der Waals surface area contributed by atoms with E-state index < -0.39 is 11.5 Å². The third kappa shape index (κ3) is 2.92. The zero-order valence-electron chi connectivity index (χ0n) is 9.92. The molecular weight excluding hydrogens is 192 g/mol. The Bertz CT molecular complexity index is 233. The zero-order chi connectivity index (χ0) is 11.5. The molecular formula is C11H22N2O2. The number of carboxylic acids is 1. The summed E-state index contributed by atoms with van der Waals surface area (Å²) in [6, 6.07) is 0.611. The highest BCUT2D eigenvalue weighted by molar-refractivity contribution is 5.78. The number of rotatable bonds is 5. The van der Waals surface area contributed by atoms with Gasteiger partial charge in [-0.3, -0.25) is 4.79 Å². The first-order chi connectivity index (χ1) is 6.99. The SMILES string of the molecule is CNC(C)(CCN1CCCC1C)C(=O)O. The van der Waals surface area contributed by atoms with E-state index in [0.29, 0.717) is 12.5 Å².